The van der Waals surface area contributed by atoms with Crippen LogP contribution in [0.2, 0.25) is 0 Å². The lowest BCUT2D eigenvalue weighted by atomic mass is 10.0. The summed E-state index contributed by atoms with van der Waals surface area (Å²) in [7, 11) is 0. The van der Waals surface area contributed by atoms with E-state index in [1.54, 1.807) is 0 Å². The summed E-state index contributed by atoms with van der Waals surface area (Å²) in [5.41, 5.74) is 9.74. The SMILES string of the molecule is CCN(CCCl)c1ccc(CC(C)N)c(C)c1. The highest BCUT2D eigenvalue weighted by atomic mass is 35.5. The summed E-state index contributed by atoms with van der Waals surface area (Å²) in [6.45, 7) is 8.22. The lowest BCUT2D eigenvalue weighted by Crippen LogP contribution is -2.25. The van der Waals surface area contributed by atoms with Crippen LogP contribution in [0, 0.1) is 6.92 Å². The highest BCUT2D eigenvalue weighted by molar-refractivity contribution is 6.18. The maximum Gasteiger partial charge on any atom is 0.0399 e. The van der Waals surface area contributed by atoms with Gasteiger partial charge < -0.3 is 10.6 Å². The number of anilines is 1. The van der Waals surface area contributed by atoms with Crippen LogP contribution in [-0.4, -0.2) is 25.0 Å². The molecule has 1 unspecified atom stereocenters. The Hall–Kier alpha value is -0.730. The van der Waals surface area contributed by atoms with Gasteiger partial charge in [0.2, 0.25) is 0 Å². The lowest BCUT2D eigenvalue weighted by molar-refractivity contribution is 0.734. The fraction of sp³-hybridized carbons (Fsp3) is 0.571. The van der Waals surface area contributed by atoms with Crippen molar-refractivity contribution >= 4 is 17.3 Å². The first kappa shape index (κ1) is 14.3. The molecule has 3 heteroatoms. The molecule has 0 saturated carbocycles. The van der Waals surface area contributed by atoms with E-state index >= 15 is 0 Å². The minimum atomic E-state index is 0.213. The van der Waals surface area contributed by atoms with Crippen LogP contribution >= 0.6 is 11.6 Å². The minimum absolute atomic E-state index is 0.213. The van der Waals surface area contributed by atoms with Crippen LogP contribution in [0.1, 0.15) is 25.0 Å². The van der Waals surface area contributed by atoms with Crippen LogP contribution in [0.3, 0.4) is 0 Å². The third-order valence-electron chi connectivity index (χ3n) is 2.97. The van der Waals surface area contributed by atoms with Gasteiger partial charge in [0, 0.05) is 30.7 Å². The Kier molecular flexibility index (Phi) is 5.79. The van der Waals surface area contributed by atoms with E-state index in [4.69, 9.17) is 17.3 Å². The van der Waals surface area contributed by atoms with E-state index in [1.807, 2.05) is 6.92 Å². The quantitative estimate of drug-likeness (QED) is 0.791. The molecular formula is C14H23ClN2. The maximum atomic E-state index is 5.84. The van der Waals surface area contributed by atoms with Gasteiger partial charge in [0.15, 0.2) is 0 Å². The Morgan fingerprint density at radius 3 is 2.59 bits per heavy atom. The molecular weight excluding hydrogens is 232 g/mol. The molecule has 1 atom stereocenters. The number of hydrogen-bond acceptors (Lipinski definition) is 2. The predicted octanol–water partition coefficient (Wildman–Crippen LogP) is 2.95. The zero-order valence-corrected chi connectivity index (χ0v) is 11.8. The zero-order chi connectivity index (χ0) is 12.8. The van der Waals surface area contributed by atoms with E-state index in [0.717, 1.165) is 19.5 Å². The molecule has 17 heavy (non-hydrogen) atoms. The van der Waals surface area contributed by atoms with Gasteiger partial charge in [-0.1, -0.05) is 6.07 Å². The fourth-order valence-corrected chi connectivity index (χ4v) is 2.23. The van der Waals surface area contributed by atoms with Crippen LogP contribution in [0.4, 0.5) is 5.69 Å². The van der Waals surface area contributed by atoms with Gasteiger partial charge in [-0.15, -0.1) is 11.6 Å². The van der Waals surface area contributed by atoms with Crippen molar-refractivity contribution < 1.29 is 0 Å². The van der Waals surface area contributed by atoms with Crippen molar-refractivity contribution in [3.8, 4) is 0 Å². The van der Waals surface area contributed by atoms with Crippen molar-refractivity contribution in [3.63, 3.8) is 0 Å². The second-order valence-corrected chi connectivity index (χ2v) is 4.94. The molecule has 0 aliphatic rings. The Labute approximate surface area is 110 Å². The van der Waals surface area contributed by atoms with Gasteiger partial charge in [-0.05, 0) is 50.5 Å². The first-order valence-corrected chi connectivity index (χ1v) is 6.78. The van der Waals surface area contributed by atoms with Gasteiger partial charge in [-0.25, -0.2) is 0 Å². The topological polar surface area (TPSA) is 29.3 Å². The smallest absolute Gasteiger partial charge is 0.0399 e. The first-order chi connectivity index (χ1) is 8.08. The molecule has 96 valence electrons. The Bertz CT molecular complexity index is 350. The average molecular weight is 255 g/mol. The highest BCUT2D eigenvalue weighted by Crippen LogP contribution is 2.20. The largest absolute Gasteiger partial charge is 0.371 e. The van der Waals surface area contributed by atoms with E-state index in [0.29, 0.717) is 5.88 Å². The number of halogens is 1. The van der Waals surface area contributed by atoms with Crippen LogP contribution in [0.25, 0.3) is 0 Å². The predicted molar refractivity (Wildman–Crippen MR) is 77.1 cm³/mol. The Morgan fingerprint density at radius 2 is 2.12 bits per heavy atom. The van der Waals surface area contributed by atoms with Crippen LogP contribution in [-0.2, 0) is 6.42 Å². The molecule has 0 amide bonds. The fourth-order valence-electron chi connectivity index (χ4n) is 2.02. The van der Waals surface area contributed by atoms with Gasteiger partial charge in [0.25, 0.3) is 0 Å². The summed E-state index contributed by atoms with van der Waals surface area (Å²) >= 11 is 5.81. The molecule has 0 heterocycles. The van der Waals surface area contributed by atoms with Crippen LogP contribution in [0.15, 0.2) is 18.2 Å². The number of nitrogens with two attached hydrogens (primary N) is 1. The number of alkyl halides is 1. The van der Waals surface area contributed by atoms with Crippen molar-refractivity contribution in [3.05, 3.63) is 29.3 Å². The normalized spacial score (nSPS) is 12.5. The summed E-state index contributed by atoms with van der Waals surface area (Å²) in [5.74, 6) is 0.661. The van der Waals surface area contributed by atoms with E-state index in [9.17, 15) is 0 Å². The van der Waals surface area contributed by atoms with Crippen molar-refractivity contribution in [2.45, 2.75) is 33.2 Å². The molecule has 1 aromatic rings. The number of hydrogen-bond donors (Lipinski definition) is 1. The van der Waals surface area contributed by atoms with E-state index < -0.39 is 0 Å². The van der Waals surface area contributed by atoms with Crippen molar-refractivity contribution in [1.29, 1.82) is 0 Å². The highest BCUT2D eigenvalue weighted by Gasteiger charge is 2.07. The van der Waals surface area contributed by atoms with Crippen LogP contribution < -0.4 is 10.6 Å². The molecule has 2 nitrogen and oxygen atoms in total. The summed E-state index contributed by atoms with van der Waals surface area (Å²) in [5, 5.41) is 0. The maximum absolute atomic E-state index is 5.84. The molecule has 0 aromatic heterocycles. The molecule has 0 spiro atoms. The standard InChI is InChI=1S/C14H23ClN2/c1-4-17(8-7-15)14-6-5-13(10-12(3)16)11(2)9-14/h5-6,9,12H,4,7-8,10,16H2,1-3H3. The Morgan fingerprint density at radius 1 is 1.41 bits per heavy atom. The monoisotopic (exact) mass is 254 g/mol. The molecule has 1 aromatic carbocycles. The van der Waals surface area contributed by atoms with Gasteiger partial charge >= 0.3 is 0 Å². The van der Waals surface area contributed by atoms with Crippen molar-refractivity contribution in [1.82, 2.24) is 0 Å². The average Bonchev–Trinajstić information content (AvgIpc) is 2.28. The van der Waals surface area contributed by atoms with E-state index in [1.165, 1.54) is 16.8 Å². The number of aryl methyl sites for hydroxylation is 1. The first-order valence-electron chi connectivity index (χ1n) is 6.24. The lowest BCUT2D eigenvalue weighted by Gasteiger charge is -2.23. The zero-order valence-electron chi connectivity index (χ0n) is 11.0. The molecule has 0 saturated heterocycles. The van der Waals surface area contributed by atoms with Gasteiger partial charge in [-0.2, -0.15) is 0 Å². The third kappa shape index (κ3) is 4.21. The summed E-state index contributed by atoms with van der Waals surface area (Å²) < 4.78 is 0. The van der Waals surface area contributed by atoms with E-state index in [2.05, 4.69) is 36.9 Å². The molecule has 0 aliphatic heterocycles. The molecule has 1 rings (SSSR count). The second kappa shape index (κ2) is 6.87. The Balaban J connectivity index is 2.86. The summed E-state index contributed by atoms with van der Waals surface area (Å²) in [4.78, 5) is 2.29. The minimum Gasteiger partial charge on any atom is -0.371 e. The number of rotatable bonds is 6. The molecule has 0 aliphatic carbocycles. The third-order valence-corrected chi connectivity index (χ3v) is 3.14. The van der Waals surface area contributed by atoms with E-state index in [-0.39, 0.29) is 6.04 Å². The van der Waals surface area contributed by atoms with Crippen molar-refractivity contribution in [2.24, 2.45) is 5.73 Å². The molecule has 0 fully saturated rings. The molecule has 0 radical (unpaired) electrons. The molecule has 2 N–H and O–H groups in total. The van der Waals surface area contributed by atoms with Gasteiger partial charge in [-0.3, -0.25) is 0 Å². The summed E-state index contributed by atoms with van der Waals surface area (Å²) in [6.07, 6.45) is 0.938. The number of benzene rings is 1. The molecule has 0 bridgehead atoms. The van der Waals surface area contributed by atoms with Gasteiger partial charge in [0.05, 0.1) is 0 Å². The summed E-state index contributed by atoms with van der Waals surface area (Å²) in [6, 6.07) is 6.80. The number of nitrogens with zero attached hydrogens (tertiary/aromatic N) is 1. The second-order valence-electron chi connectivity index (χ2n) is 4.56. The van der Waals surface area contributed by atoms with Crippen LogP contribution in [0.5, 0.6) is 0 Å². The van der Waals surface area contributed by atoms with Gasteiger partial charge in [0.1, 0.15) is 0 Å². The van der Waals surface area contributed by atoms with Crippen molar-refractivity contribution in [2.75, 3.05) is 23.9 Å².